The fraction of sp³-hybridized carbons (Fsp3) is 0.800. The predicted octanol–water partition coefficient (Wildman–Crippen LogP) is 0.747. The maximum Gasteiger partial charge on any atom is 0.234 e. The minimum atomic E-state index is -0.187. The Morgan fingerprint density at radius 3 is 2.50 bits per heavy atom. The summed E-state index contributed by atoms with van der Waals surface area (Å²) in [6.45, 7) is 6.81. The van der Waals surface area contributed by atoms with E-state index in [-0.39, 0.29) is 11.4 Å². The van der Waals surface area contributed by atoms with E-state index in [9.17, 15) is 4.79 Å². The molecule has 0 aromatic heterocycles. The first-order chi connectivity index (χ1) is 6.35. The van der Waals surface area contributed by atoms with Gasteiger partial charge in [0, 0.05) is 18.5 Å². The molecule has 0 aromatic carbocycles. The van der Waals surface area contributed by atoms with Crippen molar-refractivity contribution >= 4 is 5.91 Å². The number of hydrogen-bond donors (Lipinski definition) is 1. The highest BCUT2D eigenvalue weighted by molar-refractivity contribution is 5.78. The molecule has 80 valence electrons. The molecule has 1 N–H and O–H groups in total. The van der Waals surface area contributed by atoms with Crippen LogP contribution in [0.5, 0.6) is 0 Å². The second-order valence-corrected chi connectivity index (χ2v) is 4.44. The van der Waals surface area contributed by atoms with E-state index in [1.807, 2.05) is 38.8 Å². The minimum Gasteiger partial charge on any atom is -0.350 e. The lowest BCUT2D eigenvalue weighted by Crippen LogP contribution is -2.45. The molecule has 0 saturated carbocycles. The monoisotopic (exact) mass is 197 g/mol. The van der Waals surface area contributed by atoms with Crippen molar-refractivity contribution in [2.45, 2.75) is 32.7 Å². The quantitative estimate of drug-likeness (QED) is 0.723. The van der Waals surface area contributed by atoms with Gasteiger partial charge in [-0.2, -0.15) is 5.26 Å². The first-order valence-electron chi connectivity index (χ1n) is 4.71. The Morgan fingerprint density at radius 2 is 2.07 bits per heavy atom. The number of nitriles is 1. The Morgan fingerprint density at radius 1 is 1.50 bits per heavy atom. The Balaban J connectivity index is 3.78. The van der Waals surface area contributed by atoms with Crippen molar-refractivity contribution in [3.8, 4) is 6.07 Å². The van der Waals surface area contributed by atoms with Crippen LogP contribution in [0.2, 0.25) is 0 Å². The van der Waals surface area contributed by atoms with Crippen LogP contribution in [0.4, 0.5) is 0 Å². The molecule has 0 aliphatic heterocycles. The van der Waals surface area contributed by atoms with Gasteiger partial charge in [0.05, 0.1) is 12.6 Å². The predicted molar refractivity (Wildman–Crippen MR) is 55.6 cm³/mol. The molecule has 0 atom stereocenters. The molecule has 0 spiro atoms. The summed E-state index contributed by atoms with van der Waals surface area (Å²) in [5, 5.41) is 11.2. The standard InChI is InChI=1S/C10H19N3O/c1-10(2,3)12-9(14)8-13(4)7-5-6-11/h5,7-8H2,1-4H3,(H,12,14). The van der Waals surface area contributed by atoms with Crippen molar-refractivity contribution in [1.29, 1.82) is 5.26 Å². The van der Waals surface area contributed by atoms with Crippen LogP contribution in [0.15, 0.2) is 0 Å². The van der Waals surface area contributed by atoms with E-state index in [1.165, 1.54) is 0 Å². The lowest BCUT2D eigenvalue weighted by atomic mass is 10.1. The molecule has 0 aliphatic rings. The molecule has 0 heterocycles. The van der Waals surface area contributed by atoms with Crippen molar-refractivity contribution in [3.05, 3.63) is 0 Å². The second-order valence-electron chi connectivity index (χ2n) is 4.44. The van der Waals surface area contributed by atoms with E-state index in [0.717, 1.165) is 0 Å². The average molecular weight is 197 g/mol. The molecule has 0 rings (SSSR count). The fourth-order valence-corrected chi connectivity index (χ4v) is 1.02. The van der Waals surface area contributed by atoms with Crippen molar-refractivity contribution < 1.29 is 4.79 Å². The van der Waals surface area contributed by atoms with Gasteiger partial charge in [-0.3, -0.25) is 9.69 Å². The highest BCUT2D eigenvalue weighted by atomic mass is 16.2. The molecule has 4 heteroatoms. The van der Waals surface area contributed by atoms with Gasteiger partial charge in [-0.1, -0.05) is 0 Å². The molecular weight excluding hydrogens is 178 g/mol. The summed E-state index contributed by atoms with van der Waals surface area (Å²) in [5.41, 5.74) is -0.187. The number of hydrogen-bond acceptors (Lipinski definition) is 3. The third-order valence-electron chi connectivity index (χ3n) is 1.53. The molecule has 0 aromatic rings. The maximum absolute atomic E-state index is 11.4. The van der Waals surface area contributed by atoms with E-state index in [2.05, 4.69) is 5.32 Å². The first kappa shape index (κ1) is 12.9. The first-order valence-corrected chi connectivity index (χ1v) is 4.71. The number of rotatable bonds is 4. The summed E-state index contributed by atoms with van der Waals surface area (Å²) in [5.74, 6) is -0.00191. The van der Waals surface area contributed by atoms with Crippen molar-refractivity contribution in [3.63, 3.8) is 0 Å². The lowest BCUT2D eigenvalue weighted by molar-refractivity contribution is -0.123. The molecule has 0 unspecified atom stereocenters. The molecule has 0 fully saturated rings. The number of amides is 1. The Labute approximate surface area is 85.9 Å². The van der Waals surface area contributed by atoms with E-state index in [1.54, 1.807) is 0 Å². The van der Waals surface area contributed by atoms with E-state index in [0.29, 0.717) is 19.5 Å². The number of carbonyl (C=O) groups excluding carboxylic acids is 1. The highest BCUT2D eigenvalue weighted by Gasteiger charge is 2.14. The van der Waals surface area contributed by atoms with Crippen molar-refractivity contribution in [2.24, 2.45) is 0 Å². The summed E-state index contributed by atoms with van der Waals surface area (Å²) >= 11 is 0. The largest absolute Gasteiger partial charge is 0.350 e. The van der Waals surface area contributed by atoms with Gasteiger partial charge in [-0.15, -0.1) is 0 Å². The zero-order valence-electron chi connectivity index (χ0n) is 9.42. The van der Waals surface area contributed by atoms with Crippen LogP contribution in [-0.4, -0.2) is 36.5 Å². The Hall–Kier alpha value is -1.08. The summed E-state index contributed by atoms with van der Waals surface area (Å²) in [4.78, 5) is 13.2. The molecule has 0 aliphatic carbocycles. The van der Waals surface area contributed by atoms with Crippen LogP contribution in [0, 0.1) is 11.3 Å². The molecular formula is C10H19N3O. The zero-order chi connectivity index (χ0) is 11.2. The Kier molecular flexibility index (Phi) is 5.18. The van der Waals surface area contributed by atoms with Crippen LogP contribution in [0.25, 0.3) is 0 Å². The van der Waals surface area contributed by atoms with E-state index < -0.39 is 0 Å². The Bertz CT molecular complexity index is 225. The summed E-state index contributed by atoms with van der Waals surface area (Å²) in [7, 11) is 1.83. The topological polar surface area (TPSA) is 56.1 Å². The van der Waals surface area contributed by atoms with Crippen LogP contribution in [0.3, 0.4) is 0 Å². The second kappa shape index (κ2) is 5.61. The van der Waals surface area contributed by atoms with Gasteiger partial charge in [0.25, 0.3) is 0 Å². The third kappa shape index (κ3) is 7.56. The molecule has 1 amide bonds. The number of nitrogens with one attached hydrogen (secondary N) is 1. The molecule has 0 radical (unpaired) electrons. The van der Waals surface area contributed by atoms with Crippen LogP contribution in [0.1, 0.15) is 27.2 Å². The third-order valence-corrected chi connectivity index (χ3v) is 1.53. The number of carbonyl (C=O) groups is 1. The van der Waals surface area contributed by atoms with Gasteiger partial charge < -0.3 is 5.32 Å². The normalized spacial score (nSPS) is 11.1. The average Bonchev–Trinajstić information content (AvgIpc) is 1.96. The number of nitrogens with zero attached hydrogens (tertiary/aromatic N) is 2. The van der Waals surface area contributed by atoms with Gasteiger partial charge in [-0.25, -0.2) is 0 Å². The minimum absolute atomic E-state index is 0.00191. The van der Waals surface area contributed by atoms with Gasteiger partial charge in [0.15, 0.2) is 0 Å². The van der Waals surface area contributed by atoms with Crippen LogP contribution < -0.4 is 5.32 Å². The van der Waals surface area contributed by atoms with Gasteiger partial charge in [-0.05, 0) is 27.8 Å². The summed E-state index contributed by atoms with van der Waals surface area (Å²) in [6.07, 6.45) is 0.458. The molecule has 0 saturated heterocycles. The van der Waals surface area contributed by atoms with E-state index >= 15 is 0 Å². The number of likely N-dealkylation sites (N-methyl/N-ethyl adjacent to an activating group) is 1. The van der Waals surface area contributed by atoms with Gasteiger partial charge in [0.2, 0.25) is 5.91 Å². The van der Waals surface area contributed by atoms with Crippen molar-refractivity contribution in [2.75, 3.05) is 20.1 Å². The summed E-state index contributed by atoms with van der Waals surface area (Å²) in [6, 6.07) is 2.05. The highest BCUT2D eigenvalue weighted by Crippen LogP contribution is 1.98. The fourth-order valence-electron chi connectivity index (χ4n) is 1.02. The van der Waals surface area contributed by atoms with E-state index in [4.69, 9.17) is 5.26 Å². The molecule has 4 nitrogen and oxygen atoms in total. The maximum atomic E-state index is 11.4. The lowest BCUT2D eigenvalue weighted by Gasteiger charge is -2.22. The smallest absolute Gasteiger partial charge is 0.234 e. The molecule has 14 heavy (non-hydrogen) atoms. The molecule has 0 bridgehead atoms. The van der Waals surface area contributed by atoms with Crippen LogP contribution in [-0.2, 0) is 4.79 Å². The van der Waals surface area contributed by atoms with Crippen molar-refractivity contribution in [1.82, 2.24) is 10.2 Å². The van der Waals surface area contributed by atoms with Gasteiger partial charge >= 0.3 is 0 Å². The zero-order valence-corrected chi connectivity index (χ0v) is 9.42. The SMILES string of the molecule is CN(CCC#N)CC(=O)NC(C)(C)C. The summed E-state index contributed by atoms with van der Waals surface area (Å²) < 4.78 is 0. The van der Waals surface area contributed by atoms with Gasteiger partial charge in [0.1, 0.15) is 0 Å². The van der Waals surface area contributed by atoms with Crippen LogP contribution >= 0.6 is 0 Å².